The lowest BCUT2D eigenvalue weighted by atomic mass is 10.0. The predicted molar refractivity (Wildman–Crippen MR) is 59.4 cm³/mol. The van der Waals surface area contributed by atoms with Crippen molar-refractivity contribution in [3.8, 4) is 0 Å². The Balaban J connectivity index is 2.24. The Labute approximate surface area is 105 Å². The van der Waals surface area contributed by atoms with Crippen molar-refractivity contribution < 1.29 is 29.2 Å². The van der Waals surface area contributed by atoms with Gasteiger partial charge in [0.15, 0.2) is 5.79 Å². The summed E-state index contributed by atoms with van der Waals surface area (Å²) in [5, 5.41) is 21.8. The van der Waals surface area contributed by atoms with Crippen LogP contribution in [0.3, 0.4) is 0 Å². The summed E-state index contributed by atoms with van der Waals surface area (Å²) in [5.74, 6) is -2.42. The first-order valence-electron chi connectivity index (χ1n) is 5.88. The van der Waals surface area contributed by atoms with Gasteiger partial charge in [-0.3, -0.25) is 4.79 Å². The summed E-state index contributed by atoms with van der Waals surface area (Å²) in [5.41, 5.74) is 0. The van der Waals surface area contributed by atoms with Gasteiger partial charge in [-0.1, -0.05) is 0 Å². The summed E-state index contributed by atoms with van der Waals surface area (Å²) in [6, 6.07) is -0.770. The van der Waals surface area contributed by atoms with Gasteiger partial charge in [0.05, 0.1) is 6.61 Å². The zero-order chi connectivity index (χ0) is 13.6. The maximum absolute atomic E-state index is 11.2. The molecular weight excluding hydrogens is 242 g/mol. The molecule has 104 valence electrons. The number of carbonyl (C=O) groups excluding carboxylic acids is 1. The van der Waals surface area contributed by atoms with Crippen LogP contribution in [0.5, 0.6) is 0 Å². The minimum absolute atomic E-state index is 0.0819. The third kappa shape index (κ3) is 2.24. The molecule has 0 saturated carbocycles. The van der Waals surface area contributed by atoms with Gasteiger partial charge in [-0.15, -0.1) is 0 Å². The fourth-order valence-electron chi connectivity index (χ4n) is 2.39. The van der Waals surface area contributed by atoms with E-state index in [-0.39, 0.29) is 19.1 Å². The highest BCUT2D eigenvalue weighted by molar-refractivity contribution is 5.73. The Morgan fingerprint density at radius 2 is 2.17 bits per heavy atom. The van der Waals surface area contributed by atoms with Crippen molar-refractivity contribution in [3.05, 3.63) is 0 Å². The van der Waals surface area contributed by atoms with E-state index in [2.05, 4.69) is 5.32 Å². The number of hydrogen-bond donors (Lipinski definition) is 3. The van der Waals surface area contributed by atoms with Gasteiger partial charge in [-0.05, 0) is 13.8 Å². The monoisotopic (exact) mass is 261 g/mol. The summed E-state index contributed by atoms with van der Waals surface area (Å²) in [6.07, 6.45) is -1.85. The number of hydrogen-bond acceptors (Lipinski definition) is 6. The van der Waals surface area contributed by atoms with Gasteiger partial charge >= 0.3 is 0 Å². The fourth-order valence-corrected chi connectivity index (χ4v) is 2.39. The molecule has 2 fully saturated rings. The summed E-state index contributed by atoms with van der Waals surface area (Å²) in [7, 11) is 0. The van der Waals surface area contributed by atoms with E-state index < -0.39 is 29.8 Å². The molecule has 2 rings (SSSR count). The predicted octanol–water partition coefficient (Wildman–Crippen LogP) is -1.28. The van der Waals surface area contributed by atoms with Crippen LogP contribution < -0.4 is 5.32 Å². The van der Waals surface area contributed by atoms with Gasteiger partial charge in [0, 0.05) is 6.92 Å². The van der Waals surface area contributed by atoms with Crippen molar-refractivity contribution >= 4 is 5.91 Å². The Hall–Kier alpha value is -0.730. The zero-order valence-corrected chi connectivity index (χ0v) is 10.7. The number of ether oxygens (including phenoxy) is 3. The van der Waals surface area contributed by atoms with Crippen LogP contribution in [0.25, 0.3) is 0 Å². The van der Waals surface area contributed by atoms with Crippen LogP contribution in [0.2, 0.25) is 0 Å². The molecule has 2 saturated heterocycles. The number of amides is 1. The van der Waals surface area contributed by atoms with Crippen LogP contribution in [0.1, 0.15) is 20.8 Å². The van der Waals surface area contributed by atoms with Gasteiger partial charge in [-0.25, -0.2) is 0 Å². The number of nitrogens with one attached hydrogen (secondary N) is 1. The maximum Gasteiger partial charge on any atom is 0.218 e. The van der Waals surface area contributed by atoms with Crippen LogP contribution in [0.15, 0.2) is 0 Å². The summed E-state index contributed by atoms with van der Waals surface area (Å²) < 4.78 is 16.7. The van der Waals surface area contributed by atoms with Crippen molar-refractivity contribution in [3.63, 3.8) is 0 Å². The lowest BCUT2D eigenvalue weighted by Crippen LogP contribution is -2.56. The van der Waals surface area contributed by atoms with Gasteiger partial charge < -0.3 is 29.7 Å². The van der Waals surface area contributed by atoms with E-state index in [1.807, 2.05) is 0 Å². The minimum Gasteiger partial charge on any atom is -0.394 e. The highest BCUT2D eigenvalue weighted by Crippen LogP contribution is 2.41. The highest BCUT2D eigenvalue weighted by Gasteiger charge is 2.61. The third-order valence-electron chi connectivity index (χ3n) is 3.13. The number of rotatable bonds is 2. The number of carbonyl (C=O) groups is 1. The zero-order valence-electron chi connectivity index (χ0n) is 10.7. The van der Waals surface area contributed by atoms with Gasteiger partial charge in [0.1, 0.15) is 24.9 Å². The van der Waals surface area contributed by atoms with Gasteiger partial charge in [-0.2, -0.15) is 0 Å². The topological polar surface area (TPSA) is 97.3 Å². The highest BCUT2D eigenvalue weighted by atomic mass is 16.8. The smallest absolute Gasteiger partial charge is 0.218 e. The van der Waals surface area contributed by atoms with Crippen LogP contribution in [-0.2, 0) is 19.0 Å². The molecule has 18 heavy (non-hydrogen) atoms. The molecule has 0 aliphatic carbocycles. The second-order valence-corrected chi connectivity index (χ2v) is 5.11. The van der Waals surface area contributed by atoms with Crippen molar-refractivity contribution in [1.82, 2.24) is 5.32 Å². The van der Waals surface area contributed by atoms with Crippen molar-refractivity contribution in [1.29, 1.82) is 0 Å². The summed E-state index contributed by atoms with van der Waals surface area (Å²) in [6.45, 7) is 4.50. The standard InChI is InChI=1S/C11H19NO6/c1-6(14)12-9-8(15)7(4-13)17-11(9)5-16-10(2,3)18-11/h7-9,13,15H,4-5H2,1-3H3,(H,12,14)/t7-,8-,9-,11-/m1/s1. The lowest BCUT2D eigenvalue weighted by molar-refractivity contribution is -0.253. The average molecular weight is 261 g/mol. The largest absolute Gasteiger partial charge is 0.394 e. The molecule has 0 aromatic carbocycles. The van der Waals surface area contributed by atoms with E-state index in [0.717, 1.165) is 0 Å². The first-order chi connectivity index (χ1) is 8.30. The number of aliphatic hydroxyl groups excluding tert-OH is 2. The Morgan fingerprint density at radius 3 is 2.61 bits per heavy atom. The van der Waals surface area contributed by atoms with E-state index >= 15 is 0 Å². The van der Waals surface area contributed by atoms with Gasteiger partial charge in [0.2, 0.25) is 11.7 Å². The fraction of sp³-hybridized carbons (Fsp3) is 0.909. The van der Waals surface area contributed by atoms with E-state index in [1.165, 1.54) is 6.92 Å². The van der Waals surface area contributed by atoms with Gasteiger partial charge in [0.25, 0.3) is 0 Å². The Morgan fingerprint density at radius 1 is 1.50 bits per heavy atom. The van der Waals surface area contributed by atoms with Crippen molar-refractivity contribution in [2.75, 3.05) is 13.2 Å². The second-order valence-electron chi connectivity index (χ2n) is 5.11. The molecule has 7 nitrogen and oxygen atoms in total. The Bertz CT molecular complexity index is 346. The first-order valence-corrected chi connectivity index (χ1v) is 5.88. The molecule has 0 bridgehead atoms. The molecule has 2 aliphatic heterocycles. The molecule has 3 N–H and O–H groups in total. The van der Waals surface area contributed by atoms with E-state index in [4.69, 9.17) is 19.3 Å². The molecule has 0 radical (unpaired) electrons. The second kappa shape index (κ2) is 4.43. The molecule has 0 aromatic rings. The average Bonchev–Trinajstić information content (AvgIpc) is 2.70. The normalized spacial score (nSPS) is 42.4. The van der Waals surface area contributed by atoms with Crippen LogP contribution in [-0.4, -0.2) is 59.2 Å². The molecule has 1 amide bonds. The van der Waals surface area contributed by atoms with Crippen molar-refractivity contribution in [2.24, 2.45) is 0 Å². The summed E-state index contributed by atoms with van der Waals surface area (Å²) in [4.78, 5) is 11.2. The Kier molecular flexibility index (Phi) is 3.37. The molecule has 4 atom stereocenters. The SMILES string of the molecule is CC(=O)N[C@@H]1[C@H](O)[C@@H](CO)O[C@@]12COC(C)(C)O2. The quantitative estimate of drug-likeness (QED) is 0.573. The molecule has 0 unspecified atom stereocenters. The molecule has 1 spiro atoms. The molecule has 7 heteroatoms. The molecule has 2 heterocycles. The van der Waals surface area contributed by atoms with Crippen LogP contribution >= 0.6 is 0 Å². The van der Waals surface area contributed by atoms with E-state index in [9.17, 15) is 9.90 Å². The number of aliphatic hydroxyl groups is 2. The lowest BCUT2D eigenvalue weighted by Gasteiger charge is -2.30. The first kappa shape index (κ1) is 13.7. The van der Waals surface area contributed by atoms with Crippen LogP contribution in [0, 0.1) is 0 Å². The van der Waals surface area contributed by atoms with Crippen molar-refractivity contribution in [2.45, 2.75) is 50.6 Å². The molecular formula is C11H19NO6. The van der Waals surface area contributed by atoms with E-state index in [1.54, 1.807) is 13.8 Å². The van der Waals surface area contributed by atoms with Crippen LogP contribution in [0.4, 0.5) is 0 Å². The molecule has 2 aliphatic rings. The van der Waals surface area contributed by atoms with E-state index in [0.29, 0.717) is 0 Å². The third-order valence-corrected chi connectivity index (χ3v) is 3.13. The minimum atomic E-state index is -1.25. The molecule has 0 aromatic heterocycles. The maximum atomic E-state index is 11.2. The summed E-state index contributed by atoms with van der Waals surface area (Å²) >= 11 is 0.